The van der Waals surface area contributed by atoms with Crippen molar-refractivity contribution in [1.29, 1.82) is 0 Å². The van der Waals surface area contributed by atoms with E-state index in [1.165, 1.54) is 0 Å². The van der Waals surface area contributed by atoms with Crippen molar-refractivity contribution in [2.75, 3.05) is 13.6 Å². The Bertz CT molecular complexity index is 542. The Morgan fingerprint density at radius 3 is 2.55 bits per heavy atom. The fraction of sp³-hybridized carbons (Fsp3) is 0.250. The quantitative estimate of drug-likeness (QED) is 0.900. The average Bonchev–Trinajstić information content (AvgIpc) is 2.53. The fourth-order valence-corrected chi connectivity index (χ4v) is 1.98. The van der Waals surface area contributed by atoms with Gasteiger partial charge in [0.1, 0.15) is 6.04 Å². The van der Waals surface area contributed by atoms with Crippen LogP contribution < -0.4 is 5.73 Å². The van der Waals surface area contributed by atoms with Gasteiger partial charge in [-0.3, -0.25) is 9.78 Å². The largest absolute Gasteiger partial charge is 0.344 e. The average molecular weight is 269 g/mol. The van der Waals surface area contributed by atoms with Crippen LogP contribution in [0.15, 0.2) is 54.7 Å². The first-order valence-electron chi connectivity index (χ1n) is 6.64. The Kier molecular flexibility index (Phi) is 4.85. The molecule has 104 valence electrons. The van der Waals surface area contributed by atoms with Crippen molar-refractivity contribution >= 4 is 5.91 Å². The number of carbonyl (C=O) groups is 1. The first-order chi connectivity index (χ1) is 9.68. The van der Waals surface area contributed by atoms with E-state index >= 15 is 0 Å². The van der Waals surface area contributed by atoms with E-state index in [1.807, 2.05) is 48.5 Å². The maximum Gasteiger partial charge on any atom is 0.243 e. The van der Waals surface area contributed by atoms with E-state index in [4.69, 9.17) is 5.73 Å². The first kappa shape index (κ1) is 14.2. The molecule has 4 heteroatoms. The van der Waals surface area contributed by atoms with Gasteiger partial charge in [0.2, 0.25) is 5.91 Å². The van der Waals surface area contributed by atoms with Gasteiger partial charge in [-0.15, -0.1) is 0 Å². The third kappa shape index (κ3) is 3.65. The van der Waals surface area contributed by atoms with Gasteiger partial charge in [0.15, 0.2) is 0 Å². The summed E-state index contributed by atoms with van der Waals surface area (Å²) in [5.41, 5.74) is 7.81. The second-order valence-electron chi connectivity index (χ2n) is 4.72. The normalized spacial score (nSPS) is 11.9. The molecule has 0 aliphatic heterocycles. The number of likely N-dealkylation sites (N-methyl/N-ethyl adjacent to an activating group) is 1. The van der Waals surface area contributed by atoms with Crippen molar-refractivity contribution in [2.24, 2.45) is 5.73 Å². The summed E-state index contributed by atoms with van der Waals surface area (Å²) in [5, 5.41) is 0. The fourth-order valence-electron chi connectivity index (χ4n) is 1.98. The minimum absolute atomic E-state index is 0.0767. The molecule has 0 saturated carbocycles. The monoisotopic (exact) mass is 269 g/mol. The summed E-state index contributed by atoms with van der Waals surface area (Å²) in [6, 6.07) is 14.6. The van der Waals surface area contributed by atoms with Crippen molar-refractivity contribution in [3.05, 3.63) is 66.0 Å². The van der Waals surface area contributed by atoms with Gasteiger partial charge in [-0.2, -0.15) is 0 Å². The molecule has 2 aromatic rings. The maximum atomic E-state index is 12.2. The molecule has 2 N–H and O–H groups in total. The maximum absolute atomic E-state index is 12.2. The Balaban J connectivity index is 1.92. The van der Waals surface area contributed by atoms with Crippen LogP contribution >= 0.6 is 0 Å². The number of carbonyl (C=O) groups excluding carboxylic acids is 1. The number of aromatic nitrogens is 1. The minimum Gasteiger partial charge on any atom is -0.344 e. The molecule has 0 aliphatic carbocycles. The Labute approximate surface area is 119 Å². The lowest BCUT2D eigenvalue weighted by atomic mass is 10.1. The molecule has 1 amide bonds. The molecule has 1 heterocycles. The molecule has 1 aromatic heterocycles. The lowest BCUT2D eigenvalue weighted by Gasteiger charge is -2.21. The topological polar surface area (TPSA) is 59.2 Å². The molecule has 0 aliphatic rings. The zero-order chi connectivity index (χ0) is 14.4. The van der Waals surface area contributed by atoms with Gasteiger partial charge in [-0.05, 0) is 17.7 Å². The SMILES string of the molecule is CN(CCc1ccccn1)C(=O)[C@@H](N)c1ccccc1. The molecular formula is C16H19N3O. The van der Waals surface area contributed by atoms with Gasteiger partial charge in [-0.25, -0.2) is 0 Å². The molecule has 0 unspecified atom stereocenters. The molecule has 0 radical (unpaired) electrons. The summed E-state index contributed by atoms with van der Waals surface area (Å²) in [6.07, 6.45) is 2.48. The summed E-state index contributed by atoms with van der Waals surface area (Å²) >= 11 is 0. The Morgan fingerprint density at radius 1 is 1.20 bits per heavy atom. The molecule has 2 rings (SSSR count). The molecule has 1 atom stereocenters. The molecule has 4 nitrogen and oxygen atoms in total. The molecule has 20 heavy (non-hydrogen) atoms. The third-order valence-electron chi connectivity index (χ3n) is 3.23. The van der Waals surface area contributed by atoms with Crippen LogP contribution in [-0.2, 0) is 11.2 Å². The lowest BCUT2D eigenvalue weighted by molar-refractivity contribution is -0.131. The van der Waals surface area contributed by atoms with Crippen molar-refractivity contribution in [1.82, 2.24) is 9.88 Å². The van der Waals surface area contributed by atoms with Crippen LogP contribution in [0.1, 0.15) is 17.3 Å². The zero-order valence-corrected chi connectivity index (χ0v) is 11.6. The van der Waals surface area contributed by atoms with E-state index in [0.717, 1.165) is 17.7 Å². The van der Waals surface area contributed by atoms with Crippen molar-refractivity contribution < 1.29 is 4.79 Å². The van der Waals surface area contributed by atoms with Gasteiger partial charge in [0, 0.05) is 31.9 Å². The van der Waals surface area contributed by atoms with Crippen LogP contribution in [0, 0.1) is 0 Å². The summed E-state index contributed by atoms with van der Waals surface area (Å²) in [4.78, 5) is 18.1. The zero-order valence-electron chi connectivity index (χ0n) is 11.6. The summed E-state index contributed by atoms with van der Waals surface area (Å²) in [5.74, 6) is -0.0767. The number of hydrogen-bond donors (Lipinski definition) is 1. The van der Waals surface area contributed by atoms with Gasteiger partial charge in [0.05, 0.1) is 0 Å². The van der Waals surface area contributed by atoms with E-state index in [-0.39, 0.29) is 5.91 Å². The number of nitrogens with two attached hydrogens (primary N) is 1. The van der Waals surface area contributed by atoms with Crippen molar-refractivity contribution in [3.8, 4) is 0 Å². The van der Waals surface area contributed by atoms with Gasteiger partial charge in [0.25, 0.3) is 0 Å². The van der Waals surface area contributed by atoms with Crippen LogP contribution in [0.5, 0.6) is 0 Å². The highest BCUT2D eigenvalue weighted by Crippen LogP contribution is 2.12. The molecule has 1 aromatic carbocycles. The van der Waals surface area contributed by atoms with Gasteiger partial charge >= 0.3 is 0 Å². The van der Waals surface area contributed by atoms with Crippen LogP contribution in [0.2, 0.25) is 0 Å². The highest BCUT2D eigenvalue weighted by Gasteiger charge is 2.19. The molecule has 0 spiro atoms. The highest BCUT2D eigenvalue weighted by atomic mass is 16.2. The molecule has 0 bridgehead atoms. The number of nitrogens with zero attached hydrogens (tertiary/aromatic N) is 2. The number of amides is 1. The van der Waals surface area contributed by atoms with E-state index in [2.05, 4.69) is 4.98 Å². The van der Waals surface area contributed by atoms with Crippen LogP contribution in [0.3, 0.4) is 0 Å². The van der Waals surface area contributed by atoms with Crippen molar-refractivity contribution in [2.45, 2.75) is 12.5 Å². The second-order valence-corrected chi connectivity index (χ2v) is 4.72. The van der Waals surface area contributed by atoms with E-state index in [1.54, 1.807) is 18.1 Å². The smallest absolute Gasteiger partial charge is 0.243 e. The standard InChI is InChI=1S/C16H19N3O/c1-19(12-10-14-9-5-6-11-18-14)16(20)15(17)13-7-3-2-4-8-13/h2-9,11,15H,10,12,17H2,1H3/t15-/m0/s1. The Hall–Kier alpha value is -2.20. The summed E-state index contributed by atoms with van der Waals surface area (Å²) in [7, 11) is 1.77. The number of benzene rings is 1. The number of rotatable bonds is 5. The Morgan fingerprint density at radius 2 is 1.90 bits per heavy atom. The molecular weight excluding hydrogens is 250 g/mol. The van der Waals surface area contributed by atoms with E-state index < -0.39 is 6.04 Å². The van der Waals surface area contributed by atoms with Crippen molar-refractivity contribution in [3.63, 3.8) is 0 Å². The van der Waals surface area contributed by atoms with Crippen LogP contribution in [0.25, 0.3) is 0 Å². The number of pyridine rings is 1. The lowest BCUT2D eigenvalue weighted by Crippen LogP contribution is -2.37. The van der Waals surface area contributed by atoms with Gasteiger partial charge < -0.3 is 10.6 Å². The van der Waals surface area contributed by atoms with E-state index in [0.29, 0.717) is 6.54 Å². The first-order valence-corrected chi connectivity index (χ1v) is 6.64. The summed E-state index contributed by atoms with van der Waals surface area (Å²) < 4.78 is 0. The number of hydrogen-bond acceptors (Lipinski definition) is 3. The minimum atomic E-state index is -0.607. The van der Waals surface area contributed by atoms with Crippen LogP contribution in [0.4, 0.5) is 0 Å². The summed E-state index contributed by atoms with van der Waals surface area (Å²) in [6.45, 7) is 0.608. The third-order valence-corrected chi connectivity index (χ3v) is 3.23. The van der Waals surface area contributed by atoms with E-state index in [9.17, 15) is 4.79 Å². The predicted molar refractivity (Wildman–Crippen MR) is 78.9 cm³/mol. The molecule has 0 fully saturated rings. The van der Waals surface area contributed by atoms with Gasteiger partial charge in [-0.1, -0.05) is 36.4 Å². The van der Waals surface area contributed by atoms with Crippen LogP contribution in [-0.4, -0.2) is 29.4 Å². The second kappa shape index (κ2) is 6.82. The molecule has 0 saturated heterocycles. The predicted octanol–water partition coefficient (Wildman–Crippen LogP) is 1.78. The highest BCUT2D eigenvalue weighted by molar-refractivity contribution is 5.82.